The summed E-state index contributed by atoms with van der Waals surface area (Å²) in [7, 11) is 0. The number of rotatable bonds is 8. The van der Waals surface area contributed by atoms with Crippen LogP contribution >= 0.6 is 43.2 Å². The summed E-state index contributed by atoms with van der Waals surface area (Å²) in [6.45, 7) is 2.22. The van der Waals surface area contributed by atoms with Crippen molar-refractivity contribution in [2.45, 2.75) is 51.9 Å². The third-order valence-electron chi connectivity index (χ3n) is 2.71. The van der Waals surface area contributed by atoms with Crippen LogP contribution in [0.25, 0.3) is 0 Å². The Kier molecular flexibility index (Phi) is 7.64. The zero-order valence-electron chi connectivity index (χ0n) is 10.1. The lowest BCUT2D eigenvalue weighted by molar-refractivity contribution is 0.0979. The second-order valence-corrected chi connectivity index (χ2v) is 7.93. The van der Waals surface area contributed by atoms with E-state index in [4.69, 9.17) is 0 Å². The number of carbonyl (C=O) groups is 1. The minimum Gasteiger partial charge on any atom is -0.294 e. The highest BCUT2D eigenvalue weighted by atomic mass is 79.9. The van der Waals surface area contributed by atoms with Crippen LogP contribution in [-0.4, -0.2) is 5.78 Å². The summed E-state index contributed by atoms with van der Waals surface area (Å²) in [5, 5.41) is 0. The molecular formula is C13H18Br2OS. The molecule has 0 aliphatic rings. The number of hydrogen-bond donors (Lipinski definition) is 0. The third kappa shape index (κ3) is 5.66. The first kappa shape index (κ1) is 15.4. The third-order valence-corrected chi connectivity index (χ3v) is 5.05. The van der Waals surface area contributed by atoms with Gasteiger partial charge < -0.3 is 0 Å². The molecule has 0 radical (unpaired) electrons. The lowest BCUT2D eigenvalue weighted by Gasteiger charge is -2.00. The molecule has 0 amide bonds. The standard InChI is InChI=1S/C13H18Br2OS/c1-2-3-4-5-6-7-8-11(16)10-9-12(14)17-13(10)15/h9H,2-8H2,1H3. The van der Waals surface area contributed by atoms with E-state index < -0.39 is 0 Å². The smallest absolute Gasteiger partial charge is 0.164 e. The van der Waals surface area contributed by atoms with Gasteiger partial charge in [0.25, 0.3) is 0 Å². The Balaban J connectivity index is 2.23. The van der Waals surface area contributed by atoms with Crippen LogP contribution in [0.15, 0.2) is 13.6 Å². The number of thiophene rings is 1. The molecule has 0 atom stereocenters. The molecule has 0 aliphatic heterocycles. The first-order valence-electron chi connectivity index (χ1n) is 6.13. The second-order valence-electron chi connectivity index (χ2n) is 4.18. The molecular weight excluding hydrogens is 364 g/mol. The van der Waals surface area contributed by atoms with Crippen LogP contribution in [-0.2, 0) is 0 Å². The number of ketones is 1. The van der Waals surface area contributed by atoms with Crippen molar-refractivity contribution >= 4 is 49.0 Å². The van der Waals surface area contributed by atoms with Crippen molar-refractivity contribution in [3.05, 3.63) is 19.2 Å². The van der Waals surface area contributed by atoms with Crippen molar-refractivity contribution in [3.63, 3.8) is 0 Å². The van der Waals surface area contributed by atoms with E-state index in [-0.39, 0.29) is 5.78 Å². The normalized spacial score (nSPS) is 10.8. The lowest BCUT2D eigenvalue weighted by Crippen LogP contribution is -1.97. The molecule has 0 saturated heterocycles. The van der Waals surface area contributed by atoms with Gasteiger partial charge in [-0.2, -0.15) is 0 Å². The van der Waals surface area contributed by atoms with Crippen molar-refractivity contribution in [2.24, 2.45) is 0 Å². The van der Waals surface area contributed by atoms with Crippen LogP contribution in [0.3, 0.4) is 0 Å². The summed E-state index contributed by atoms with van der Waals surface area (Å²) in [5.41, 5.74) is 0.829. The summed E-state index contributed by atoms with van der Waals surface area (Å²) in [5.74, 6) is 0.259. The highest BCUT2D eigenvalue weighted by Gasteiger charge is 2.12. The molecule has 0 saturated carbocycles. The second kappa shape index (κ2) is 8.44. The minimum atomic E-state index is 0.259. The van der Waals surface area contributed by atoms with Crippen LogP contribution in [0, 0.1) is 0 Å². The van der Waals surface area contributed by atoms with E-state index in [0.717, 1.165) is 19.6 Å². The minimum absolute atomic E-state index is 0.259. The molecule has 0 spiro atoms. The fourth-order valence-corrected chi connectivity index (χ4v) is 4.59. The van der Waals surface area contributed by atoms with E-state index in [2.05, 4.69) is 38.8 Å². The Morgan fingerprint density at radius 1 is 1.18 bits per heavy atom. The molecule has 0 fully saturated rings. The predicted molar refractivity (Wildman–Crippen MR) is 82.0 cm³/mol. The number of hydrogen-bond acceptors (Lipinski definition) is 2. The number of carbonyl (C=O) groups excluding carboxylic acids is 1. The van der Waals surface area contributed by atoms with Gasteiger partial charge in [-0.3, -0.25) is 4.79 Å². The Hall–Kier alpha value is 0.330. The molecule has 4 heteroatoms. The van der Waals surface area contributed by atoms with Crippen molar-refractivity contribution < 1.29 is 4.79 Å². The van der Waals surface area contributed by atoms with Crippen LogP contribution < -0.4 is 0 Å². The largest absolute Gasteiger partial charge is 0.294 e. The SMILES string of the molecule is CCCCCCCCC(=O)c1cc(Br)sc1Br. The van der Waals surface area contributed by atoms with Crippen LogP contribution in [0.4, 0.5) is 0 Å². The van der Waals surface area contributed by atoms with Crippen molar-refractivity contribution in [2.75, 3.05) is 0 Å². The monoisotopic (exact) mass is 380 g/mol. The molecule has 1 rings (SSSR count). The molecule has 0 unspecified atom stereocenters. The van der Waals surface area contributed by atoms with E-state index >= 15 is 0 Å². The maximum atomic E-state index is 11.9. The van der Waals surface area contributed by atoms with Crippen LogP contribution in [0.2, 0.25) is 0 Å². The van der Waals surface area contributed by atoms with Gasteiger partial charge in [-0.25, -0.2) is 0 Å². The lowest BCUT2D eigenvalue weighted by atomic mass is 10.1. The number of Topliss-reactive ketones (excluding diaryl/α,β-unsaturated/α-hetero) is 1. The van der Waals surface area contributed by atoms with E-state index in [1.54, 1.807) is 11.3 Å². The molecule has 0 N–H and O–H groups in total. The molecule has 1 heterocycles. The quantitative estimate of drug-likeness (QED) is 0.386. The Bertz CT molecular complexity index is 360. The Morgan fingerprint density at radius 3 is 2.41 bits per heavy atom. The average molecular weight is 382 g/mol. The van der Waals surface area contributed by atoms with Gasteiger partial charge >= 0.3 is 0 Å². The van der Waals surface area contributed by atoms with Crippen LogP contribution in [0.1, 0.15) is 62.2 Å². The highest BCUT2D eigenvalue weighted by Crippen LogP contribution is 2.32. The molecule has 0 aliphatic carbocycles. The van der Waals surface area contributed by atoms with E-state index in [1.807, 2.05) is 6.07 Å². The van der Waals surface area contributed by atoms with Crippen LogP contribution in [0.5, 0.6) is 0 Å². The fraction of sp³-hybridized carbons (Fsp3) is 0.615. The Morgan fingerprint density at radius 2 is 1.82 bits per heavy atom. The number of halogens is 2. The molecule has 1 nitrogen and oxygen atoms in total. The van der Waals surface area contributed by atoms with Crippen molar-refractivity contribution in [3.8, 4) is 0 Å². The molecule has 1 aromatic heterocycles. The average Bonchev–Trinajstić information content (AvgIpc) is 2.62. The van der Waals surface area contributed by atoms with Gasteiger partial charge in [-0.05, 0) is 44.3 Å². The summed E-state index contributed by atoms with van der Waals surface area (Å²) in [6, 6.07) is 1.91. The summed E-state index contributed by atoms with van der Waals surface area (Å²) >= 11 is 8.39. The van der Waals surface area contributed by atoms with Gasteiger partial charge in [0.2, 0.25) is 0 Å². The van der Waals surface area contributed by atoms with Gasteiger partial charge in [0.1, 0.15) is 0 Å². The maximum Gasteiger partial charge on any atom is 0.164 e. The van der Waals surface area contributed by atoms with Gasteiger partial charge in [-0.15, -0.1) is 11.3 Å². The van der Waals surface area contributed by atoms with E-state index in [9.17, 15) is 4.79 Å². The van der Waals surface area contributed by atoms with Crippen molar-refractivity contribution in [1.82, 2.24) is 0 Å². The molecule has 17 heavy (non-hydrogen) atoms. The van der Waals surface area contributed by atoms with E-state index in [1.165, 1.54) is 32.1 Å². The molecule has 96 valence electrons. The first-order valence-corrected chi connectivity index (χ1v) is 8.53. The predicted octanol–water partition coefficient (Wildman–Crippen LogP) is 6.21. The topological polar surface area (TPSA) is 17.1 Å². The maximum absolute atomic E-state index is 11.9. The first-order chi connectivity index (χ1) is 8.15. The van der Waals surface area contributed by atoms with E-state index in [0.29, 0.717) is 6.42 Å². The van der Waals surface area contributed by atoms with Crippen molar-refractivity contribution in [1.29, 1.82) is 0 Å². The zero-order valence-corrected chi connectivity index (χ0v) is 14.1. The van der Waals surface area contributed by atoms with Gasteiger partial charge in [0.05, 0.1) is 7.57 Å². The van der Waals surface area contributed by atoms with Gasteiger partial charge in [-0.1, -0.05) is 39.0 Å². The summed E-state index contributed by atoms with van der Waals surface area (Å²) < 4.78 is 1.95. The Labute approximate surface area is 124 Å². The molecule has 0 bridgehead atoms. The van der Waals surface area contributed by atoms with Gasteiger partial charge in [0.15, 0.2) is 5.78 Å². The fourth-order valence-electron chi connectivity index (χ4n) is 1.73. The molecule has 1 aromatic rings. The zero-order chi connectivity index (χ0) is 12.7. The molecule has 0 aromatic carbocycles. The number of unbranched alkanes of at least 4 members (excludes halogenated alkanes) is 5. The van der Waals surface area contributed by atoms with Gasteiger partial charge in [0, 0.05) is 12.0 Å². The summed E-state index contributed by atoms with van der Waals surface area (Å²) in [4.78, 5) is 11.9. The highest BCUT2D eigenvalue weighted by molar-refractivity contribution is 9.12. The summed E-state index contributed by atoms with van der Waals surface area (Å²) in [6.07, 6.45) is 8.02.